The smallest absolute Gasteiger partial charge is 0.252 e. The van der Waals surface area contributed by atoms with Crippen LogP contribution in [0.4, 0.5) is 0 Å². The molecule has 0 spiro atoms. The van der Waals surface area contributed by atoms with E-state index in [-0.39, 0.29) is 18.4 Å². The monoisotopic (exact) mass is 326 g/mol. The average molecular weight is 327 g/mol. The van der Waals surface area contributed by atoms with Gasteiger partial charge in [0, 0.05) is 17.4 Å². The largest absolute Gasteiger partial charge is 0.354 e. The van der Waals surface area contributed by atoms with Gasteiger partial charge in [0.2, 0.25) is 5.91 Å². The van der Waals surface area contributed by atoms with Gasteiger partial charge in [0.25, 0.3) is 5.91 Å². The van der Waals surface area contributed by atoms with Crippen LogP contribution in [0.3, 0.4) is 0 Å². The molecule has 0 aliphatic rings. The van der Waals surface area contributed by atoms with Crippen molar-refractivity contribution in [2.45, 2.75) is 19.2 Å². The van der Waals surface area contributed by atoms with Crippen molar-refractivity contribution in [3.63, 3.8) is 0 Å². The molecule has 19 heavy (non-hydrogen) atoms. The lowest BCUT2D eigenvalue weighted by Crippen LogP contribution is -2.38. The van der Waals surface area contributed by atoms with Crippen molar-refractivity contribution < 1.29 is 9.59 Å². The molecule has 2 amide bonds. The van der Waals surface area contributed by atoms with Gasteiger partial charge in [-0.15, -0.1) is 0 Å². The van der Waals surface area contributed by atoms with Crippen LogP contribution in [0.2, 0.25) is 0 Å². The Morgan fingerprint density at radius 3 is 2.53 bits per heavy atom. The Morgan fingerprint density at radius 2 is 1.89 bits per heavy atom. The summed E-state index contributed by atoms with van der Waals surface area (Å²) in [5, 5.41) is 5.99. The molecule has 104 valence electrons. The number of hydrogen-bond acceptors (Lipinski definition) is 2. The summed E-state index contributed by atoms with van der Waals surface area (Å²) >= 11 is 3.34. The maximum atomic E-state index is 12.0. The zero-order valence-corrected chi connectivity index (χ0v) is 12.8. The van der Waals surface area contributed by atoms with E-state index in [1.54, 1.807) is 12.1 Å². The molecular weight excluding hydrogens is 308 g/mol. The molecule has 0 aliphatic heterocycles. The highest BCUT2D eigenvalue weighted by molar-refractivity contribution is 9.08. The van der Waals surface area contributed by atoms with Gasteiger partial charge in [-0.25, -0.2) is 0 Å². The molecule has 0 saturated carbocycles. The SMILES string of the molecule is CC(C)CNC(=O)CNC(=O)c1ccccc1CBr. The fourth-order valence-corrected chi connectivity index (χ4v) is 1.98. The second-order valence-corrected chi connectivity index (χ2v) is 5.23. The molecule has 1 rings (SSSR count). The molecule has 2 N–H and O–H groups in total. The van der Waals surface area contributed by atoms with E-state index in [2.05, 4.69) is 26.6 Å². The van der Waals surface area contributed by atoms with E-state index in [0.29, 0.717) is 23.4 Å². The van der Waals surface area contributed by atoms with Gasteiger partial charge < -0.3 is 10.6 Å². The van der Waals surface area contributed by atoms with Crippen molar-refractivity contribution >= 4 is 27.7 Å². The van der Waals surface area contributed by atoms with Crippen LogP contribution in [-0.4, -0.2) is 24.9 Å². The number of benzene rings is 1. The van der Waals surface area contributed by atoms with E-state index in [9.17, 15) is 9.59 Å². The third kappa shape index (κ3) is 5.42. The molecule has 1 aromatic rings. The van der Waals surface area contributed by atoms with Crippen molar-refractivity contribution in [3.05, 3.63) is 35.4 Å². The number of alkyl halides is 1. The van der Waals surface area contributed by atoms with E-state index in [4.69, 9.17) is 0 Å². The van der Waals surface area contributed by atoms with Gasteiger partial charge >= 0.3 is 0 Å². The molecule has 4 nitrogen and oxygen atoms in total. The van der Waals surface area contributed by atoms with Crippen LogP contribution < -0.4 is 10.6 Å². The summed E-state index contributed by atoms with van der Waals surface area (Å²) in [6, 6.07) is 7.31. The summed E-state index contributed by atoms with van der Waals surface area (Å²) in [4.78, 5) is 23.5. The Bertz CT molecular complexity index is 447. The topological polar surface area (TPSA) is 58.2 Å². The van der Waals surface area contributed by atoms with Crippen molar-refractivity contribution in [1.29, 1.82) is 0 Å². The number of carbonyl (C=O) groups is 2. The van der Waals surface area contributed by atoms with Gasteiger partial charge in [0.15, 0.2) is 0 Å². The third-order valence-corrected chi connectivity index (χ3v) is 3.13. The summed E-state index contributed by atoms with van der Waals surface area (Å²) in [6.45, 7) is 4.66. The first-order valence-electron chi connectivity index (χ1n) is 6.23. The summed E-state index contributed by atoms with van der Waals surface area (Å²) < 4.78 is 0. The predicted octanol–water partition coefficient (Wildman–Crippen LogP) is 2.08. The van der Waals surface area contributed by atoms with Crippen LogP contribution in [0.5, 0.6) is 0 Å². The zero-order valence-electron chi connectivity index (χ0n) is 11.2. The molecule has 0 aromatic heterocycles. The summed E-state index contributed by atoms with van der Waals surface area (Å²) in [6.07, 6.45) is 0. The minimum absolute atomic E-state index is 0.00216. The predicted molar refractivity (Wildman–Crippen MR) is 79.3 cm³/mol. The first kappa shape index (κ1) is 15.7. The van der Waals surface area contributed by atoms with Gasteiger partial charge in [-0.2, -0.15) is 0 Å². The standard InChI is InChI=1S/C14H19BrN2O2/c1-10(2)8-16-13(18)9-17-14(19)12-6-4-3-5-11(12)7-15/h3-6,10H,7-9H2,1-2H3,(H,16,18)(H,17,19). The maximum Gasteiger partial charge on any atom is 0.252 e. The van der Waals surface area contributed by atoms with Gasteiger partial charge in [-0.1, -0.05) is 48.0 Å². The molecule has 0 atom stereocenters. The molecule has 0 aliphatic carbocycles. The first-order chi connectivity index (χ1) is 9.04. The van der Waals surface area contributed by atoms with Gasteiger partial charge in [-0.05, 0) is 17.5 Å². The van der Waals surface area contributed by atoms with Crippen LogP contribution in [0.15, 0.2) is 24.3 Å². The van der Waals surface area contributed by atoms with Crippen LogP contribution in [-0.2, 0) is 10.1 Å². The number of nitrogens with one attached hydrogen (secondary N) is 2. The highest BCUT2D eigenvalue weighted by Gasteiger charge is 2.11. The Morgan fingerprint density at radius 1 is 1.21 bits per heavy atom. The third-order valence-electron chi connectivity index (χ3n) is 2.52. The molecule has 0 radical (unpaired) electrons. The van der Waals surface area contributed by atoms with E-state index in [0.717, 1.165) is 5.56 Å². The Labute approximate surface area is 122 Å². The van der Waals surface area contributed by atoms with E-state index in [1.807, 2.05) is 26.0 Å². The molecule has 0 saturated heterocycles. The van der Waals surface area contributed by atoms with Crippen LogP contribution in [0, 0.1) is 5.92 Å². The fourth-order valence-electron chi connectivity index (χ4n) is 1.49. The molecule has 0 fully saturated rings. The minimum Gasteiger partial charge on any atom is -0.354 e. The maximum absolute atomic E-state index is 12.0. The average Bonchev–Trinajstić information content (AvgIpc) is 2.42. The summed E-state index contributed by atoms with van der Waals surface area (Å²) in [5.41, 5.74) is 1.50. The molecule has 5 heteroatoms. The molecule has 0 heterocycles. The van der Waals surface area contributed by atoms with Crippen molar-refractivity contribution in [1.82, 2.24) is 10.6 Å². The van der Waals surface area contributed by atoms with Crippen LogP contribution in [0.1, 0.15) is 29.8 Å². The van der Waals surface area contributed by atoms with Crippen molar-refractivity contribution in [2.75, 3.05) is 13.1 Å². The number of carbonyl (C=O) groups excluding carboxylic acids is 2. The van der Waals surface area contributed by atoms with Gasteiger partial charge in [0.05, 0.1) is 6.54 Å². The van der Waals surface area contributed by atoms with E-state index < -0.39 is 0 Å². The first-order valence-corrected chi connectivity index (χ1v) is 7.35. The molecule has 0 unspecified atom stereocenters. The highest BCUT2D eigenvalue weighted by atomic mass is 79.9. The Balaban J connectivity index is 2.49. The van der Waals surface area contributed by atoms with E-state index in [1.165, 1.54) is 0 Å². The molecular formula is C14H19BrN2O2. The van der Waals surface area contributed by atoms with Gasteiger partial charge in [0.1, 0.15) is 0 Å². The highest BCUT2D eigenvalue weighted by Crippen LogP contribution is 2.11. The van der Waals surface area contributed by atoms with E-state index >= 15 is 0 Å². The molecule has 0 bridgehead atoms. The van der Waals surface area contributed by atoms with Crippen molar-refractivity contribution in [2.24, 2.45) is 5.92 Å². The Kier molecular flexibility index (Phi) is 6.56. The number of rotatable bonds is 6. The lowest BCUT2D eigenvalue weighted by molar-refractivity contribution is -0.120. The zero-order chi connectivity index (χ0) is 14.3. The fraction of sp³-hybridized carbons (Fsp3) is 0.429. The second-order valence-electron chi connectivity index (χ2n) is 4.67. The normalized spacial score (nSPS) is 10.3. The number of halogens is 1. The van der Waals surface area contributed by atoms with Crippen LogP contribution >= 0.6 is 15.9 Å². The molecule has 1 aromatic carbocycles. The lowest BCUT2D eigenvalue weighted by Gasteiger charge is -2.10. The summed E-state index contributed by atoms with van der Waals surface area (Å²) in [5.74, 6) is 0.00175. The van der Waals surface area contributed by atoms with Gasteiger partial charge in [-0.3, -0.25) is 9.59 Å². The number of hydrogen-bond donors (Lipinski definition) is 2. The number of amides is 2. The minimum atomic E-state index is -0.227. The summed E-state index contributed by atoms with van der Waals surface area (Å²) in [7, 11) is 0. The van der Waals surface area contributed by atoms with Crippen molar-refractivity contribution in [3.8, 4) is 0 Å². The lowest BCUT2D eigenvalue weighted by atomic mass is 10.1. The van der Waals surface area contributed by atoms with Crippen LogP contribution in [0.25, 0.3) is 0 Å². The quantitative estimate of drug-likeness (QED) is 0.786. The second kappa shape index (κ2) is 7.94. The Hall–Kier alpha value is -1.36.